The van der Waals surface area contributed by atoms with Crippen molar-refractivity contribution in [2.75, 3.05) is 0 Å². The summed E-state index contributed by atoms with van der Waals surface area (Å²) in [6.07, 6.45) is 15.3. The first-order valence-electron chi connectivity index (χ1n) is 16.8. The standard InChI is InChI=1S/C36H48O8/c1-23(37)41-29-20-27(11-9-24-10-12-30(38)33(17-24)42-26-7-3-2-4-8-26)43-32(21-29)25-18-31(39)35(40)34(19-25)44-28-13-16-36(22-28)14-5-6-15-36/h10,12,17-19,26-29,32,38-40H,2-9,11,13-16,20-22H2,1H3. The van der Waals surface area contributed by atoms with Gasteiger partial charge in [0.05, 0.1) is 24.4 Å². The zero-order chi connectivity index (χ0) is 30.7. The van der Waals surface area contributed by atoms with Crippen molar-refractivity contribution in [2.24, 2.45) is 5.41 Å². The van der Waals surface area contributed by atoms with E-state index < -0.39 is 6.10 Å². The van der Waals surface area contributed by atoms with E-state index in [1.165, 1.54) is 45.1 Å². The SMILES string of the molecule is CC(=O)OC1CC(CCc2ccc(O)c(OC3CCCCC3)c2)OC(c2cc(O)c(O)c(OC3CCC4(CCCC4)C3)c2)C1. The third-order valence-corrected chi connectivity index (χ3v) is 10.4. The molecule has 1 spiro atoms. The molecule has 0 aromatic heterocycles. The van der Waals surface area contributed by atoms with Crippen LogP contribution < -0.4 is 9.47 Å². The number of rotatable bonds is 9. The molecule has 0 radical (unpaired) electrons. The van der Waals surface area contributed by atoms with E-state index in [2.05, 4.69) is 0 Å². The molecule has 8 heteroatoms. The molecule has 4 aliphatic rings. The van der Waals surface area contributed by atoms with Crippen LogP contribution in [0.5, 0.6) is 28.7 Å². The highest BCUT2D eigenvalue weighted by atomic mass is 16.6. The average molecular weight is 609 g/mol. The lowest BCUT2D eigenvalue weighted by Gasteiger charge is -2.35. The smallest absolute Gasteiger partial charge is 0.302 e. The van der Waals surface area contributed by atoms with Crippen molar-refractivity contribution in [1.29, 1.82) is 0 Å². The minimum Gasteiger partial charge on any atom is -0.504 e. The largest absolute Gasteiger partial charge is 0.504 e. The summed E-state index contributed by atoms with van der Waals surface area (Å²) < 4.78 is 24.7. The Morgan fingerprint density at radius 1 is 0.841 bits per heavy atom. The third-order valence-electron chi connectivity index (χ3n) is 10.4. The lowest BCUT2D eigenvalue weighted by atomic mass is 9.85. The molecule has 3 saturated carbocycles. The van der Waals surface area contributed by atoms with E-state index in [0.29, 0.717) is 42.4 Å². The van der Waals surface area contributed by atoms with Gasteiger partial charge in [-0.1, -0.05) is 25.3 Å². The Morgan fingerprint density at radius 3 is 2.39 bits per heavy atom. The van der Waals surface area contributed by atoms with Gasteiger partial charge in [-0.25, -0.2) is 0 Å². The quantitative estimate of drug-likeness (QED) is 0.195. The maximum Gasteiger partial charge on any atom is 0.302 e. The molecular weight excluding hydrogens is 560 g/mol. The van der Waals surface area contributed by atoms with E-state index in [1.807, 2.05) is 12.1 Å². The molecule has 4 fully saturated rings. The van der Waals surface area contributed by atoms with Gasteiger partial charge in [-0.05, 0) is 111 Å². The van der Waals surface area contributed by atoms with E-state index >= 15 is 0 Å². The normalized spacial score (nSPS) is 26.9. The minimum atomic E-state index is -0.443. The summed E-state index contributed by atoms with van der Waals surface area (Å²) in [4.78, 5) is 11.9. The molecule has 3 N–H and O–H groups in total. The van der Waals surface area contributed by atoms with Crippen LogP contribution >= 0.6 is 0 Å². The highest BCUT2D eigenvalue weighted by molar-refractivity contribution is 5.66. The molecule has 0 bridgehead atoms. The molecule has 2 aromatic carbocycles. The maximum absolute atomic E-state index is 11.9. The van der Waals surface area contributed by atoms with Crippen LogP contribution in [-0.4, -0.2) is 45.7 Å². The molecule has 3 aliphatic carbocycles. The van der Waals surface area contributed by atoms with Crippen molar-refractivity contribution >= 4 is 5.97 Å². The van der Waals surface area contributed by atoms with Gasteiger partial charge in [0.2, 0.25) is 5.75 Å². The van der Waals surface area contributed by atoms with Crippen LogP contribution in [-0.2, 0) is 20.7 Å². The van der Waals surface area contributed by atoms with Crippen molar-refractivity contribution in [3.8, 4) is 28.7 Å². The van der Waals surface area contributed by atoms with Gasteiger partial charge in [0.15, 0.2) is 23.0 Å². The molecule has 44 heavy (non-hydrogen) atoms. The van der Waals surface area contributed by atoms with Gasteiger partial charge in [0.1, 0.15) is 6.10 Å². The third kappa shape index (κ3) is 7.39. The number of esters is 1. The number of phenolic OH excluding ortho intramolecular Hbond substituents is 3. The lowest BCUT2D eigenvalue weighted by Crippen LogP contribution is -2.34. The topological polar surface area (TPSA) is 115 Å². The van der Waals surface area contributed by atoms with Crippen LogP contribution in [0.4, 0.5) is 0 Å². The zero-order valence-corrected chi connectivity index (χ0v) is 26.0. The number of aryl methyl sites for hydroxylation is 1. The van der Waals surface area contributed by atoms with Crippen molar-refractivity contribution in [3.63, 3.8) is 0 Å². The Balaban J connectivity index is 1.14. The number of phenols is 3. The summed E-state index contributed by atoms with van der Waals surface area (Å²) in [6, 6.07) is 8.84. The van der Waals surface area contributed by atoms with E-state index in [9.17, 15) is 20.1 Å². The molecule has 6 rings (SSSR count). The number of aromatic hydroxyl groups is 3. The highest BCUT2D eigenvalue weighted by Crippen LogP contribution is 2.52. The lowest BCUT2D eigenvalue weighted by molar-refractivity contribution is -0.160. The Labute approximate surface area is 260 Å². The zero-order valence-electron chi connectivity index (χ0n) is 26.0. The molecule has 1 aliphatic heterocycles. The molecule has 2 aromatic rings. The molecule has 0 amide bonds. The summed E-state index contributed by atoms with van der Waals surface area (Å²) in [5.74, 6) is 0.146. The first kappa shape index (κ1) is 30.9. The number of benzene rings is 2. The summed E-state index contributed by atoms with van der Waals surface area (Å²) in [7, 11) is 0. The van der Waals surface area contributed by atoms with E-state index in [1.54, 1.807) is 12.1 Å². The van der Waals surface area contributed by atoms with Gasteiger partial charge in [0, 0.05) is 19.8 Å². The molecular formula is C36H48O8. The molecule has 240 valence electrons. The summed E-state index contributed by atoms with van der Waals surface area (Å²) in [6.45, 7) is 1.42. The van der Waals surface area contributed by atoms with Crippen molar-refractivity contribution < 1.29 is 39.1 Å². The van der Waals surface area contributed by atoms with Crippen LogP contribution in [0.25, 0.3) is 0 Å². The van der Waals surface area contributed by atoms with Gasteiger partial charge in [0.25, 0.3) is 0 Å². The summed E-state index contributed by atoms with van der Waals surface area (Å²) >= 11 is 0. The summed E-state index contributed by atoms with van der Waals surface area (Å²) in [5.41, 5.74) is 2.11. The fourth-order valence-corrected chi connectivity index (χ4v) is 8.10. The fraction of sp³-hybridized carbons (Fsp3) is 0.639. The molecule has 4 atom stereocenters. The number of ether oxygens (including phenoxy) is 4. The van der Waals surface area contributed by atoms with Gasteiger partial charge in [-0.15, -0.1) is 0 Å². The van der Waals surface area contributed by atoms with E-state index in [-0.39, 0.29) is 53.4 Å². The first-order valence-corrected chi connectivity index (χ1v) is 16.8. The Kier molecular flexibility index (Phi) is 9.45. The Bertz CT molecular complexity index is 1300. The molecule has 8 nitrogen and oxygen atoms in total. The second-order valence-corrected chi connectivity index (χ2v) is 13.7. The predicted octanol–water partition coefficient (Wildman–Crippen LogP) is 7.79. The van der Waals surface area contributed by atoms with Crippen molar-refractivity contribution in [3.05, 3.63) is 41.5 Å². The second-order valence-electron chi connectivity index (χ2n) is 13.7. The number of hydrogen-bond donors (Lipinski definition) is 3. The van der Waals surface area contributed by atoms with Crippen LogP contribution in [0, 0.1) is 5.41 Å². The Hall–Kier alpha value is -3.13. The fourth-order valence-electron chi connectivity index (χ4n) is 8.10. The summed E-state index contributed by atoms with van der Waals surface area (Å²) in [5, 5.41) is 31.8. The second kappa shape index (κ2) is 13.5. The van der Waals surface area contributed by atoms with Crippen molar-refractivity contribution in [2.45, 2.75) is 140 Å². The first-order chi connectivity index (χ1) is 21.2. The predicted molar refractivity (Wildman–Crippen MR) is 165 cm³/mol. The van der Waals surface area contributed by atoms with E-state index in [4.69, 9.17) is 18.9 Å². The maximum atomic E-state index is 11.9. The van der Waals surface area contributed by atoms with Crippen molar-refractivity contribution in [1.82, 2.24) is 0 Å². The number of hydrogen-bond acceptors (Lipinski definition) is 8. The number of carbonyl (C=O) groups is 1. The van der Waals surface area contributed by atoms with Crippen LogP contribution in [0.15, 0.2) is 30.3 Å². The molecule has 4 unspecified atom stereocenters. The molecule has 1 saturated heterocycles. The highest BCUT2D eigenvalue weighted by Gasteiger charge is 2.42. The Morgan fingerprint density at radius 2 is 1.61 bits per heavy atom. The monoisotopic (exact) mass is 608 g/mol. The minimum absolute atomic E-state index is 0.0137. The van der Waals surface area contributed by atoms with Crippen LogP contribution in [0.2, 0.25) is 0 Å². The molecule has 1 heterocycles. The van der Waals surface area contributed by atoms with Gasteiger partial charge in [-0.3, -0.25) is 4.79 Å². The van der Waals surface area contributed by atoms with Gasteiger partial charge < -0.3 is 34.3 Å². The van der Waals surface area contributed by atoms with Crippen LogP contribution in [0.3, 0.4) is 0 Å². The number of carbonyl (C=O) groups excluding carboxylic acids is 1. The average Bonchev–Trinajstić information content (AvgIpc) is 3.64. The van der Waals surface area contributed by atoms with E-state index in [0.717, 1.165) is 50.5 Å². The van der Waals surface area contributed by atoms with Gasteiger partial charge >= 0.3 is 5.97 Å². The van der Waals surface area contributed by atoms with Gasteiger partial charge in [-0.2, -0.15) is 0 Å². The van der Waals surface area contributed by atoms with Crippen LogP contribution in [0.1, 0.15) is 120 Å².